The number of rotatable bonds is 7. The summed E-state index contributed by atoms with van der Waals surface area (Å²) >= 11 is 0. The molecule has 0 saturated heterocycles. The van der Waals surface area contributed by atoms with E-state index in [-0.39, 0.29) is 0 Å². The first-order chi connectivity index (χ1) is 30.7. The van der Waals surface area contributed by atoms with Crippen LogP contribution in [-0.2, 0) is 0 Å². The highest BCUT2D eigenvalue weighted by Crippen LogP contribution is 2.38. The van der Waals surface area contributed by atoms with Gasteiger partial charge >= 0.3 is 0 Å². The molecule has 0 unspecified atom stereocenters. The first kappa shape index (κ1) is 35.5. The Hall–Kier alpha value is -8.48. The molecule has 0 spiro atoms. The molecule has 290 valence electrons. The molecule has 4 aromatic heterocycles. The van der Waals surface area contributed by atoms with Crippen molar-refractivity contribution in [3.05, 3.63) is 219 Å². The fourth-order valence-electron chi connectivity index (χ4n) is 8.92. The summed E-state index contributed by atoms with van der Waals surface area (Å²) in [4.78, 5) is 19.5. The van der Waals surface area contributed by atoms with Crippen molar-refractivity contribution in [3.63, 3.8) is 0 Å². The minimum atomic E-state index is 0.575. The van der Waals surface area contributed by atoms with Crippen molar-refractivity contribution in [1.82, 2.24) is 29.1 Å². The van der Waals surface area contributed by atoms with Crippen LogP contribution < -0.4 is 0 Å². The Balaban J connectivity index is 0.946. The number of para-hydroxylation sites is 3. The van der Waals surface area contributed by atoms with Crippen LogP contribution in [0.2, 0.25) is 0 Å². The predicted octanol–water partition coefficient (Wildman–Crippen LogP) is 13.8. The van der Waals surface area contributed by atoms with Gasteiger partial charge in [0.2, 0.25) is 0 Å². The fourth-order valence-corrected chi connectivity index (χ4v) is 8.92. The maximum absolute atomic E-state index is 4.97. The van der Waals surface area contributed by atoms with Gasteiger partial charge in [-0.25, -0.2) is 15.0 Å². The van der Waals surface area contributed by atoms with E-state index in [1.165, 1.54) is 38.1 Å². The summed E-state index contributed by atoms with van der Waals surface area (Å²) < 4.78 is 4.74. The zero-order chi connectivity index (χ0) is 41.0. The molecule has 6 heteroatoms. The average molecular weight is 793 g/mol. The molecule has 6 nitrogen and oxygen atoms in total. The van der Waals surface area contributed by atoms with Crippen LogP contribution in [0.1, 0.15) is 0 Å². The molecule has 4 heterocycles. The second-order valence-corrected chi connectivity index (χ2v) is 15.6. The van der Waals surface area contributed by atoms with Gasteiger partial charge in [-0.05, 0) is 83.4 Å². The third-order valence-corrected chi connectivity index (χ3v) is 11.8. The highest BCUT2D eigenvalue weighted by molar-refractivity contribution is 6.12. The quantitative estimate of drug-likeness (QED) is 0.161. The van der Waals surface area contributed by atoms with Crippen LogP contribution in [0.4, 0.5) is 0 Å². The first-order valence-corrected chi connectivity index (χ1v) is 20.8. The Labute approximate surface area is 357 Å². The van der Waals surface area contributed by atoms with E-state index in [0.717, 1.165) is 55.8 Å². The summed E-state index contributed by atoms with van der Waals surface area (Å²) in [5.74, 6) is 1.81. The molecule has 12 rings (SSSR count). The molecule has 0 N–H and O–H groups in total. The molecule has 0 bridgehead atoms. The molecule has 0 aliphatic rings. The van der Waals surface area contributed by atoms with E-state index >= 15 is 0 Å². The highest BCUT2D eigenvalue weighted by Gasteiger charge is 2.18. The van der Waals surface area contributed by atoms with E-state index in [4.69, 9.17) is 19.9 Å². The molecular weight excluding hydrogens is 757 g/mol. The molecule has 0 saturated carbocycles. The topological polar surface area (TPSA) is 61.4 Å². The maximum atomic E-state index is 4.97. The third-order valence-electron chi connectivity index (χ3n) is 11.8. The Morgan fingerprint density at radius 2 is 0.677 bits per heavy atom. The van der Waals surface area contributed by atoms with Crippen molar-refractivity contribution in [2.45, 2.75) is 0 Å². The maximum Gasteiger partial charge on any atom is 0.165 e. The fraction of sp³-hybridized carbons (Fsp3) is 0. The minimum Gasteiger partial charge on any atom is -0.309 e. The lowest BCUT2D eigenvalue weighted by Gasteiger charge is -2.12. The van der Waals surface area contributed by atoms with Gasteiger partial charge in [-0.2, -0.15) is 0 Å². The molecular formula is C56H36N6. The zero-order valence-electron chi connectivity index (χ0n) is 33.5. The summed E-state index contributed by atoms with van der Waals surface area (Å²) in [6, 6.07) is 72.7. The SMILES string of the molecule is c1ccc(-c2nc(-c3ccccc3)nc(-c3cncc(-c4ccc5c(c4)c4ccccc4n5-c4cccc(-c5ccc6c(c5)c5ccccc5n6-c5ccccc5)c4)c3)n2)cc1. The Morgan fingerprint density at radius 1 is 0.258 bits per heavy atom. The van der Waals surface area contributed by atoms with Crippen LogP contribution >= 0.6 is 0 Å². The van der Waals surface area contributed by atoms with Crippen molar-refractivity contribution in [2.75, 3.05) is 0 Å². The van der Waals surface area contributed by atoms with Crippen molar-refractivity contribution in [2.24, 2.45) is 0 Å². The molecule has 62 heavy (non-hydrogen) atoms. The number of benzene rings is 8. The van der Waals surface area contributed by atoms with Gasteiger partial charge in [0.15, 0.2) is 17.5 Å². The summed E-state index contributed by atoms with van der Waals surface area (Å²) in [6.07, 6.45) is 3.75. The summed E-state index contributed by atoms with van der Waals surface area (Å²) in [6.45, 7) is 0. The van der Waals surface area contributed by atoms with Gasteiger partial charge in [0.1, 0.15) is 0 Å². The Bertz CT molecular complexity index is 3570. The van der Waals surface area contributed by atoms with Gasteiger partial charge in [-0.1, -0.05) is 140 Å². The van der Waals surface area contributed by atoms with Crippen LogP contribution in [0.5, 0.6) is 0 Å². The van der Waals surface area contributed by atoms with E-state index in [1.54, 1.807) is 0 Å². The number of hydrogen-bond acceptors (Lipinski definition) is 4. The smallest absolute Gasteiger partial charge is 0.165 e. The molecule has 12 aromatic rings. The summed E-state index contributed by atoms with van der Waals surface area (Å²) in [7, 11) is 0. The number of nitrogens with zero attached hydrogens (tertiary/aromatic N) is 6. The number of fused-ring (bicyclic) bond motifs is 6. The molecule has 0 radical (unpaired) electrons. The Morgan fingerprint density at radius 3 is 1.27 bits per heavy atom. The van der Waals surface area contributed by atoms with Crippen molar-refractivity contribution < 1.29 is 0 Å². The van der Waals surface area contributed by atoms with Crippen molar-refractivity contribution in [3.8, 4) is 67.8 Å². The van der Waals surface area contributed by atoms with Crippen LogP contribution in [0.25, 0.3) is 111 Å². The van der Waals surface area contributed by atoms with Crippen LogP contribution in [0.15, 0.2) is 219 Å². The molecule has 0 aliphatic heterocycles. The number of aromatic nitrogens is 6. The van der Waals surface area contributed by atoms with Crippen molar-refractivity contribution >= 4 is 43.6 Å². The zero-order valence-corrected chi connectivity index (χ0v) is 33.5. The second-order valence-electron chi connectivity index (χ2n) is 15.6. The molecule has 0 amide bonds. The highest BCUT2D eigenvalue weighted by atomic mass is 15.0. The van der Waals surface area contributed by atoms with E-state index < -0.39 is 0 Å². The van der Waals surface area contributed by atoms with Crippen LogP contribution in [0.3, 0.4) is 0 Å². The average Bonchev–Trinajstić information content (AvgIpc) is 3.87. The molecule has 8 aromatic carbocycles. The van der Waals surface area contributed by atoms with Gasteiger partial charge in [-0.3, -0.25) is 4.98 Å². The summed E-state index contributed by atoms with van der Waals surface area (Å²) in [5.41, 5.74) is 14.0. The lowest BCUT2D eigenvalue weighted by molar-refractivity contribution is 1.07. The number of hydrogen-bond donors (Lipinski definition) is 0. The lowest BCUT2D eigenvalue weighted by atomic mass is 10.0. The Kier molecular flexibility index (Phi) is 8.38. The third kappa shape index (κ3) is 6.04. The molecule has 0 fully saturated rings. The normalized spacial score (nSPS) is 11.5. The largest absolute Gasteiger partial charge is 0.309 e. The monoisotopic (exact) mass is 792 g/mol. The van der Waals surface area contributed by atoms with Gasteiger partial charge in [0.05, 0.1) is 22.1 Å². The van der Waals surface area contributed by atoms with Crippen LogP contribution in [0, 0.1) is 0 Å². The standard InChI is InChI=1S/C56H36N6/c1-4-15-37(16-5-1)54-58-55(38-17-6-2-7-18-38)60-56(59-54)43-31-42(35-57-36-43)41-28-30-53-49(34-41)47-24-11-13-26-51(47)62(53)45-22-14-19-39(32-45)40-27-29-52-48(33-40)46-23-10-12-25-50(46)61(52)44-20-8-3-9-21-44/h1-36H. The van der Waals surface area contributed by atoms with E-state index in [9.17, 15) is 0 Å². The van der Waals surface area contributed by atoms with E-state index in [0.29, 0.717) is 17.5 Å². The van der Waals surface area contributed by atoms with Gasteiger partial charge in [0.25, 0.3) is 0 Å². The van der Waals surface area contributed by atoms with Crippen LogP contribution in [-0.4, -0.2) is 29.1 Å². The van der Waals surface area contributed by atoms with Gasteiger partial charge < -0.3 is 9.13 Å². The van der Waals surface area contributed by atoms with E-state index in [1.807, 2.05) is 73.1 Å². The van der Waals surface area contributed by atoms with Gasteiger partial charge in [-0.15, -0.1) is 0 Å². The second kappa shape index (κ2) is 14.7. The number of pyridine rings is 1. The van der Waals surface area contributed by atoms with E-state index in [2.05, 4.69) is 155 Å². The van der Waals surface area contributed by atoms with Crippen molar-refractivity contribution in [1.29, 1.82) is 0 Å². The summed E-state index contributed by atoms with van der Waals surface area (Å²) in [5, 5.41) is 4.83. The first-order valence-electron chi connectivity index (χ1n) is 20.8. The predicted molar refractivity (Wildman–Crippen MR) is 253 cm³/mol. The van der Waals surface area contributed by atoms with Gasteiger partial charge in [0, 0.05) is 67.6 Å². The minimum absolute atomic E-state index is 0.575. The molecule has 0 aliphatic carbocycles. The molecule has 0 atom stereocenters. The lowest BCUT2D eigenvalue weighted by Crippen LogP contribution is -2.00.